The predicted octanol–water partition coefficient (Wildman–Crippen LogP) is 3.44. The standard InChI is InChI=1S/C22H26N2O3/c1-14(22-9-16-5-17(10-22)7-18(6-16)11-22)24-20(25)13-27-21(26)19-4-2-3-15(8-19)12-23/h2-4,8,14,16-18H,5-7,9-11,13H2,1H3,(H,24,25)/t14-,16?,17?,18?,22?/m0/s1. The quantitative estimate of drug-likeness (QED) is 0.810. The topological polar surface area (TPSA) is 79.2 Å². The lowest BCUT2D eigenvalue weighted by atomic mass is 9.48. The second-order valence-electron chi connectivity index (χ2n) is 8.84. The number of nitrogens with one attached hydrogen (secondary N) is 1. The summed E-state index contributed by atoms with van der Waals surface area (Å²) >= 11 is 0. The van der Waals surface area contributed by atoms with Gasteiger partial charge in [-0.3, -0.25) is 4.79 Å². The van der Waals surface area contributed by atoms with Gasteiger partial charge in [-0.1, -0.05) is 6.07 Å². The molecule has 4 saturated carbocycles. The number of nitriles is 1. The van der Waals surface area contributed by atoms with E-state index in [0.717, 1.165) is 17.8 Å². The van der Waals surface area contributed by atoms with Crippen molar-refractivity contribution in [1.29, 1.82) is 5.26 Å². The van der Waals surface area contributed by atoms with Gasteiger partial charge in [-0.15, -0.1) is 0 Å². The van der Waals surface area contributed by atoms with Crippen LogP contribution in [-0.2, 0) is 9.53 Å². The Morgan fingerprint density at radius 2 is 1.85 bits per heavy atom. The minimum atomic E-state index is -0.579. The van der Waals surface area contributed by atoms with Crippen LogP contribution in [-0.4, -0.2) is 24.5 Å². The summed E-state index contributed by atoms with van der Waals surface area (Å²) in [6, 6.07) is 8.40. The van der Waals surface area contributed by atoms with Crippen molar-refractivity contribution in [1.82, 2.24) is 5.32 Å². The molecule has 4 fully saturated rings. The SMILES string of the molecule is C[C@H](NC(=O)COC(=O)c1cccc(C#N)c1)C12CC3CC(CC(C3)C1)C2. The monoisotopic (exact) mass is 366 g/mol. The zero-order chi connectivity index (χ0) is 19.0. The largest absolute Gasteiger partial charge is 0.452 e. The van der Waals surface area contributed by atoms with Crippen LogP contribution in [0.25, 0.3) is 0 Å². The van der Waals surface area contributed by atoms with Crippen LogP contribution in [0.15, 0.2) is 24.3 Å². The van der Waals surface area contributed by atoms with Gasteiger partial charge in [0.2, 0.25) is 0 Å². The van der Waals surface area contributed by atoms with Crippen LogP contribution in [0.2, 0.25) is 0 Å². The molecule has 4 aliphatic carbocycles. The predicted molar refractivity (Wildman–Crippen MR) is 99.6 cm³/mol. The molecule has 5 nitrogen and oxygen atoms in total. The number of nitrogens with zero attached hydrogens (tertiary/aromatic N) is 1. The van der Waals surface area contributed by atoms with Crippen LogP contribution in [0.1, 0.15) is 61.4 Å². The van der Waals surface area contributed by atoms with Crippen molar-refractivity contribution >= 4 is 11.9 Å². The van der Waals surface area contributed by atoms with E-state index in [1.807, 2.05) is 6.07 Å². The number of ether oxygens (including phenoxy) is 1. The maximum atomic E-state index is 12.4. The molecule has 0 aliphatic heterocycles. The molecule has 0 radical (unpaired) electrons. The molecule has 4 bridgehead atoms. The summed E-state index contributed by atoms with van der Waals surface area (Å²) in [6.45, 7) is 1.83. The molecule has 1 N–H and O–H groups in total. The highest BCUT2D eigenvalue weighted by atomic mass is 16.5. The number of carbonyl (C=O) groups is 2. The molecule has 0 saturated heterocycles. The van der Waals surface area contributed by atoms with Crippen LogP contribution >= 0.6 is 0 Å². The summed E-state index contributed by atoms with van der Waals surface area (Å²) in [5.41, 5.74) is 0.913. The number of amides is 1. The highest BCUT2D eigenvalue weighted by Crippen LogP contribution is 2.61. The number of rotatable bonds is 5. The molecular weight excluding hydrogens is 340 g/mol. The average molecular weight is 366 g/mol. The van der Waals surface area contributed by atoms with Gasteiger partial charge in [0.25, 0.3) is 5.91 Å². The number of benzene rings is 1. The van der Waals surface area contributed by atoms with Crippen molar-refractivity contribution in [3.05, 3.63) is 35.4 Å². The lowest BCUT2D eigenvalue weighted by Crippen LogP contribution is -2.56. The second kappa shape index (κ2) is 6.99. The summed E-state index contributed by atoms with van der Waals surface area (Å²) in [7, 11) is 0. The molecule has 1 aromatic rings. The lowest BCUT2D eigenvalue weighted by molar-refractivity contribution is -0.128. The molecule has 1 atom stereocenters. The fourth-order valence-corrected chi connectivity index (χ4v) is 6.07. The van der Waals surface area contributed by atoms with E-state index in [1.165, 1.54) is 44.6 Å². The maximum Gasteiger partial charge on any atom is 0.338 e. The molecule has 5 heteroatoms. The third-order valence-electron chi connectivity index (χ3n) is 6.94. The van der Waals surface area contributed by atoms with E-state index in [9.17, 15) is 9.59 Å². The fourth-order valence-electron chi connectivity index (χ4n) is 6.07. The van der Waals surface area contributed by atoms with Crippen LogP contribution in [0.5, 0.6) is 0 Å². The smallest absolute Gasteiger partial charge is 0.338 e. The third-order valence-corrected chi connectivity index (χ3v) is 6.94. The van der Waals surface area contributed by atoms with Gasteiger partial charge in [0.05, 0.1) is 17.2 Å². The van der Waals surface area contributed by atoms with E-state index in [2.05, 4.69) is 12.2 Å². The zero-order valence-electron chi connectivity index (χ0n) is 15.7. The molecule has 0 spiro atoms. The lowest BCUT2D eigenvalue weighted by Gasteiger charge is -2.59. The van der Waals surface area contributed by atoms with Crippen LogP contribution < -0.4 is 5.32 Å². The molecule has 142 valence electrons. The number of hydrogen-bond acceptors (Lipinski definition) is 4. The number of esters is 1. The van der Waals surface area contributed by atoms with Gasteiger partial charge in [-0.2, -0.15) is 5.26 Å². The minimum absolute atomic E-state index is 0.110. The van der Waals surface area contributed by atoms with Gasteiger partial charge in [0.1, 0.15) is 0 Å². The Hall–Kier alpha value is -2.35. The first-order valence-electron chi connectivity index (χ1n) is 9.94. The van der Waals surface area contributed by atoms with Gasteiger partial charge >= 0.3 is 5.97 Å². The van der Waals surface area contributed by atoms with E-state index in [4.69, 9.17) is 10.00 Å². The summed E-state index contributed by atoms with van der Waals surface area (Å²) in [5, 5.41) is 12.0. The molecule has 4 aliphatic rings. The molecule has 5 rings (SSSR count). The Kier molecular flexibility index (Phi) is 4.67. The van der Waals surface area contributed by atoms with E-state index in [1.54, 1.807) is 18.2 Å². The normalized spacial score (nSPS) is 31.8. The van der Waals surface area contributed by atoms with Crippen LogP contribution in [0, 0.1) is 34.5 Å². The first kappa shape index (κ1) is 18.0. The Morgan fingerprint density at radius 3 is 2.44 bits per heavy atom. The maximum absolute atomic E-state index is 12.4. The molecule has 27 heavy (non-hydrogen) atoms. The summed E-state index contributed by atoms with van der Waals surface area (Å²) in [6.07, 6.45) is 7.79. The van der Waals surface area contributed by atoms with Crippen molar-refractivity contribution in [3.63, 3.8) is 0 Å². The molecule has 0 aromatic heterocycles. The van der Waals surface area contributed by atoms with Crippen LogP contribution in [0.3, 0.4) is 0 Å². The first-order valence-corrected chi connectivity index (χ1v) is 9.94. The van der Waals surface area contributed by atoms with Gasteiger partial charge in [-0.05, 0) is 86.8 Å². The molecule has 1 aromatic carbocycles. The highest BCUT2D eigenvalue weighted by Gasteiger charge is 2.53. The summed E-state index contributed by atoms with van der Waals surface area (Å²) in [4.78, 5) is 24.5. The Balaban J connectivity index is 1.32. The Labute approximate surface area is 160 Å². The fraction of sp³-hybridized carbons (Fsp3) is 0.591. The summed E-state index contributed by atoms with van der Waals surface area (Å²) < 4.78 is 5.15. The van der Waals surface area contributed by atoms with Crippen molar-refractivity contribution in [2.75, 3.05) is 6.61 Å². The Bertz CT molecular complexity index is 760. The van der Waals surface area contributed by atoms with Crippen molar-refractivity contribution in [2.24, 2.45) is 23.2 Å². The molecule has 0 unspecified atom stereocenters. The minimum Gasteiger partial charge on any atom is -0.452 e. The molecule has 1 amide bonds. The number of carbonyl (C=O) groups excluding carboxylic acids is 2. The number of hydrogen-bond donors (Lipinski definition) is 1. The van der Waals surface area contributed by atoms with E-state index in [-0.39, 0.29) is 29.5 Å². The third kappa shape index (κ3) is 3.58. The highest BCUT2D eigenvalue weighted by molar-refractivity contribution is 5.91. The van der Waals surface area contributed by atoms with Crippen molar-refractivity contribution < 1.29 is 14.3 Å². The van der Waals surface area contributed by atoms with E-state index < -0.39 is 5.97 Å². The van der Waals surface area contributed by atoms with Gasteiger partial charge in [-0.25, -0.2) is 4.79 Å². The first-order chi connectivity index (χ1) is 13.0. The van der Waals surface area contributed by atoms with E-state index >= 15 is 0 Å². The van der Waals surface area contributed by atoms with Crippen molar-refractivity contribution in [2.45, 2.75) is 51.5 Å². The summed E-state index contributed by atoms with van der Waals surface area (Å²) in [5.74, 6) is 1.68. The van der Waals surface area contributed by atoms with Gasteiger partial charge in [0.15, 0.2) is 6.61 Å². The zero-order valence-corrected chi connectivity index (χ0v) is 15.7. The van der Waals surface area contributed by atoms with Gasteiger partial charge < -0.3 is 10.1 Å². The van der Waals surface area contributed by atoms with E-state index in [0.29, 0.717) is 5.56 Å². The van der Waals surface area contributed by atoms with Gasteiger partial charge in [0, 0.05) is 6.04 Å². The second-order valence-corrected chi connectivity index (χ2v) is 8.84. The molecular formula is C22H26N2O3. The Morgan fingerprint density at radius 1 is 1.22 bits per heavy atom. The van der Waals surface area contributed by atoms with Crippen LogP contribution in [0.4, 0.5) is 0 Å². The average Bonchev–Trinajstić information content (AvgIpc) is 2.65. The van der Waals surface area contributed by atoms with Crippen molar-refractivity contribution in [3.8, 4) is 6.07 Å². The molecule has 0 heterocycles.